The summed E-state index contributed by atoms with van der Waals surface area (Å²) in [5, 5.41) is 4.08. The van der Waals surface area contributed by atoms with Gasteiger partial charge >= 0.3 is 5.69 Å². The van der Waals surface area contributed by atoms with E-state index >= 15 is 0 Å². The van der Waals surface area contributed by atoms with Crippen molar-refractivity contribution in [3.05, 3.63) is 46.1 Å². The second kappa shape index (κ2) is 4.29. The third kappa shape index (κ3) is 2.30. The van der Waals surface area contributed by atoms with Crippen molar-refractivity contribution >= 4 is 0 Å². The van der Waals surface area contributed by atoms with Gasteiger partial charge in [0.25, 0.3) is 0 Å². The summed E-state index contributed by atoms with van der Waals surface area (Å²) in [5.74, 6) is -0.368. The lowest BCUT2D eigenvalue weighted by Crippen LogP contribution is -2.25. The molecule has 1 aromatic carbocycles. The average Bonchev–Trinajstić information content (AvgIpc) is 3.09. The zero-order valence-corrected chi connectivity index (χ0v) is 10.4. The standard InChI is InChI=1S/C13H13F2N3O/c1-8-16-18(12-5-10(14)4-11(15)6-12)13(19)17(8)7-9-2-3-9/h4-6,9H,2-3,7H2,1H3. The molecule has 0 N–H and O–H groups in total. The van der Waals surface area contributed by atoms with Gasteiger partial charge in [-0.25, -0.2) is 13.6 Å². The van der Waals surface area contributed by atoms with E-state index in [0.29, 0.717) is 18.3 Å². The molecule has 1 aliphatic rings. The van der Waals surface area contributed by atoms with Gasteiger partial charge in [-0.2, -0.15) is 9.78 Å². The lowest BCUT2D eigenvalue weighted by Gasteiger charge is -2.01. The fourth-order valence-corrected chi connectivity index (χ4v) is 2.09. The van der Waals surface area contributed by atoms with Crippen LogP contribution in [0, 0.1) is 24.5 Å². The first-order valence-corrected chi connectivity index (χ1v) is 6.17. The van der Waals surface area contributed by atoms with E-state index in [1.807, 2.05) is 0 Å². The van der Waals surface area contributed by atoms with E-state index in [2.05, 4.69) is 5.10 Å². The molecule has 1 aromatic heterocycles. The molecule has 1 saturated carbocycles. The number of benzene rings is 1. The Morgan fingerprint density at radius 2 is 1.89 bits per heavy atom. The van der Waals surface area contributed by atoms with Gasteiger partial charge in [-0.15, -0.1) is 0 Å². The first kappa shape index (κ1) is 12.1. The van der Waals surface area contributed by atoms with E-state index in [4.69, 9.17) is 0 Å². The Hall–Kier alpha value is -1.98. The summed E-state index contributed by atoms with van der Waals surface area (Å²) in [5.41, 5.74) is -0.241. The molecule has 2 aromatic rings. The molecule has 1 heterocycles. The van der Waals surface area contributed by atoms with Crippen LogP contribution in [0.25, 0.3) is 5.69 Å². The zero-order valence-electron chi connectivity index (χ0n) is 10.4. The van der Waals surface area contributed by atoms with Gasteiger partial charge in [-0.3, -0.25) is 4.57 Å². The third-order valence-corrected chi connectivity index (χ3v) is 3.28. The number of hydrogen-bond acceptors (Lipinski definition) is 2. The predicted molar refractivity (Wildman–Crippen MR) is 65.2 cm³/mol. The molecule has 4 nitrogen and oxygen atoms in total. The molecule has 0 unspecified atom stereocenters. The Balaban J connectivity index is 2.07. The highest BCUT2D eigenvalue weighted by Gasteiger charge is 2.24. The van der Waals surface area contributed by atoms with Crippen LogP contribution in [-0.2, 0) is 6.54 Å². The average molecular weight is 265 g/mol. The highest BCUT2D eigenvalue weighted by atomic mass is 19.1. The van der Waals surface area contributed by atoms with Crippen LogP contribution in [0.4, 0.5) is 8.78 Å². The fourth-order valence-electron chi connectivity index (χ4n) is 2.09. The lowest BCUT2D eigenvalue weighted by molar-refractivity contribution is 0.576. The van der Waals surface area contributed by atoms with Crippen LogP contribution in [0.3, 0.4) is 0 Å². The Labute approximate surface area is 108 Å². The van der Waals surface area contributed by atoms with Crippen LogP contribution < -0.4 is 5.69 Å². The fraction of sp³-hybridized carbons (Fsp3) is 0.385. The van der Waals surface area contributed by atoms with Crippen molar-refractivity contribution in [1.82, 2.24) is 14.3 Å². The molecule has 0 aliphatic heterocycles. The minimum absolute atomic E-state index is 0.111. The Kier molecular flexibility index (Phi) is 2.73. The molecule has 0 saturated heterocycles. The number of aryl methyl sites for hydroxylation is 1. The predicted octanol–water partition coefficient (Wildman–Crippen LogP) is 2.03. The number of nitrogens with zero attached hydrogens (tertiary/aromatic N) is 3. The monoisotopic (exact) mass is 265 g/mol. The maximum atomic E-state index is 13.2. The van der Waals surface area contributed by atoms with Gasteiger partial charge < -0.3 is 0 Å². The second-order valence-corrected chi connectivity index (χ2v) is 4.92. The van der Waals surface area contributed by atoms with Crippen molar-refractivity contribution in [3.8, 4) is 5.69 Å². The van der Waals surface area contributed by atoms with Crippen LogP contribution in [0.2, 0.25) is 0 Å². The normalized spacial score (nSPS) is 14.9. The van der Waals surface area contributed by atoms with Gasteiger partial charge in [-0.1, -0.05) is 0 Å². The van der Waals surface area contributed by atoms with Crippen LogP contribution in [-0.4, -0.2) is 14.3 Å². The molecule has 0 radical (unpaired) electrons. The van der Waals surface area contributed by atoms with E-state index in [9.17, 15) is 13.6 Å². The molecule has 6 heteroatoms. The maximum Gasteiger partial charge on any atom is 0.350 e. The molecule has 3 rings (SSSR count). The smallest absolute Gasteiger partial charge is 0.279 e. The molecular weight excluding hydrogens is 252 g/mol. The number of aromatic nitrogens is 3. The molecule has 0 amide bonds. The van der Waals surface area contributed by atoms with Gasteiger partial charge in [0, 0.05) is 12.6 Å². The topological polar surface area (TPSA) is 39.8 Å². The van der Waals surface area contributed by atoms with Crippen molar-refractivity contribution < 1.29 is 8.78 Å². The second-order valence-electron chi connectivity index (χ2n) is 4.92. The molecule has 0 bridgehead atoms. The number of hydrogen-bond donors (Lipinski definition) is 0. The van der Waals surface area contributed by atoms with Gasteiger partial charge in [0.05, 0.1) is 5.69 Å². The maximum absolute atomic E-state index is 13.2. The molecule has 19 heavy (non-hydrogen) atoms. The van der Waals surface area contributed by atoms with Crippen molar-refractivity contribution in [2.45, 2.75) is 26.3 Å². The van der Waals surface area contributed by atoms with E-state index in [1.54, 1.807) is 11.5 Å². The lowest BCUT2D eigenvalue weighted by atomic mass is 10.3. The molecule has 0 atom stereocenters. The highest BCUT2D eigenvalue weighted by Crippen LogP contribution is 2.30. The summed E-state index contributed by atoms with van der Waals surface area (Å²) >= 11 is 0. The van der Waals surface area contributed by atoms with E-state index in [-0.39, 0.29) is 11.4 Å². The van der Waals surface area contributed by atoms with Gasteiger partial charge in [0.15, 0.2) is 0 Å². The van der Waals surface area contributed by atoms with Crippen LogP contribution in [0.1, 0.15) is 18.7 Å². The number of rotatable bonds is 3. The largest absolute Gasteiger partial charge is 0.350 e. The minimum Gasteiger partial charge on any atom is -0.279 e. The summed E-state index contributed by atoms with van der Waals surface area (Å²) < 4.78 is 29.0. The highest BCUT2D eigenvalue weighted by molar-refractivity contribution is 5.31. The molecule has 100 valence electrons. The zero-order chi connectivity index (χ0) is 13.6. The Morgan fingerprint density at radius 1 is 1.26 bits per heavy atom. The molecule has 1 aliphatic carbocycles. The molecule has 1 fully saturated rings. The van der Waals surface area contributed by atoms with Crippen LogP contribution >= 0.6 is 0 Å². The van der Waals surface area contributed by atoms with E-state index < -0.39 is 11.6 Å². The Bertz CT molecular complexity index is 665. The van der Waals surface area contributed by atoms with Crippen molar-refractivity contribution in [2.24, 2.45) is 5.92 Å². The van der Waals surface area contributed by atoms with Crippen molar-refractivity contribution in [1.29, 1.82) is 0 Å². The van der Waals surface area contributed by atoms with Crippen LogP contribution in [0.15, 0.2) is 23.0 Å². The van der Waals surface area contributed by atoms with Gasteiger partial charge in [-0.05, 0) is 37.8 Å². The first-order chi connectivity index (χ1) is 9.04. The minimum atomic E-state index is -0.726. The van der Waals surface area contributed by atoms with Gasteiger partial charge in [0.1, 0.15) is 17.5 Å². The molecular formula is C13H13F2N3O. The van der Waals surface area contributed by atoms with Crippen molar-refractivity contribution in [2.75, 3.05) is 0 Å². The molecule has 0 spiro atoms. The summed E-state index contributed by atoms with van der Waals surface area (Å²) in [4.78, 5) is 12.2. The summed E-state index contributed by atoms with van der Waals surface area (Å²) in [7, 11) is 0. The third-order valence-electron chi connectivity index (χ3n) is 3.28. The SMILES string of the molecule is Cc1nn(-c2cc(F)cc(F)c2)c(=O)n1CC1CC1. The Morgan fingerprint density at radius 3 is 2.47 bits per heavy atom. The van der Waals surface area contributed by atoms with Gasteiger partial charge in [0.2, 0.25) is 0 Å². The summed E-state index contributed by atoms with van der Waals surface area (Å²) in [6, 6.07) is 2.96. The van der Waals surface area contributed by atoms with E-state index in [0.717, 1.165) is 35.7 Å². The van der Waals surface area contributed by atoms with E-state index in [1.165, 1.54) is 0 Å². The first-order valence-electron chi connectivity index (χ1n) is 6.17. The quantitative estimate of drug-likeness (QED) is 0.852. The number of halogens is 2. The summed E-state index contributed by atoms with van der Waals surface area (Å²) in [6.07, 6.45) is 2.23. The van der Waals surface area contributed by atoms with Crippen LogP contribution in [0.5, 0.6) is 0 Å². The summed E-state index contributed by atoms with van der Waals surface area (Å²) in [6.45, 7) is 2.35. The van der Waals surface area contributed by atoms with Crippen molar-refractivity contribution in [3.63, 3.8) is 0 Å².